The van der Waals surface area contributed by atoms with E-state index in [0.29, 0.717) is 11.5 Å². The van der Waals surface area contributed by atoms with E-state index in [1.807, 2.05) is 38.6 Å². The number of carboxylic acids is 1. The molecule has 0 aromatic heterocycles. The summed E-state index contributed by atoms with van der Waals surface area (Å²) in [6, 6.07) is 5.73. The van der Waals surface area contributed by atoms with Crippen LogP contribution in [0.3, 0.4) is 0 Å². The lowest BCUT2D eigenvalue weighted by Gasteiger charge is -2.29. The number of thioether (sulfide) groups is 1. The maximum Gasteiger partial charge on any atom is 0.338 e. The third kappa shape index (κ3) is 5.25. The SMILES string of the molecule is CSc1cccc(N(CCN(C)C)CC(C)C)c1C(=O)O. The third-order valence-electron chi connectivity index (χ3n) is 3.18. The quantitative estimate of drug-likeness (QED) is 0.747. The number of carbonyl (C=O) groups is 1. The molecule has 1 rings (SSSR count). The monoisotopic (exact) mass is 310 g/mol. The summed E-state index contributed by atoms with van der Waals surface area (Å²) in [7, 11) is 4.06. The van der Waals surface area contributed by atoms with Gasteiger partial charge in [0.15, 0.2) is 0 Å². The number of anilines is 1. The van der Waals surface area contributed by atoms with E-state index in [1.54, 1.807) is 0 Å². The number of rotatable bonds is 8. The molecule has 0 atom stereocenters. The van der Waals surface area contributed by atoms with Crippen LogP contribution in [0.5, 0.6) is 0 Å². The van der Waals surface area contributed by atoms with Crippen LogP contribution in [0.2, 0.25) is 0 Å². The topological polar surface area (TPSA) is 43.8 Å². The molecule has 4 nitrogen and oxygen atoms in total. The lowest BCUT2D eigenvalue weighted by Crippen LogP contribution is -2.35. The Labute approximate surface area is 132 Å². The Kier molecular flexibility index (Phi) is 7.05. The molecule has 118 valence electrons. The minimum Gasteiger partial charge on any atom is -0.478 e. The highest BCUT2D eigenvalue weighted by Gasteiger charge is 2.20. The van der Waals surface area contributed by atoms with E-state index in [0.717, 1.165) is 30.2 Å². The number of carboxylic acid groups (broad SMARTS) is 1. The molecule has 0 bridgehead atoms. The molecule has 5 heteroatoms. The Bertz CT molecular complexity index is 475. The van der Waals surface area contributed by atoms with E-state index in [1.165, 1.54) is 11.8 Å². The number of nitrogens with zero attached hydrogens (tertiary/aromatic N) is 2. The minimum atomic E-state index is -0.853. The molecule has 1 aromatic carbocycles. The van der Waals surface area contributed by atoms with Crippen LogP contribution in [0.1, 0.15) is 24.2 Å². The summed E-state index contributed by atoms with van der Waals surface area (Å²) in [6.45, 7) is 6.88. The number of benzene rings is 1. The van der Waals surface area contributed by atoms with E-state index in [4.69, 9.17) is 0 Å². The number of hydrogen-bond acceptors (Lipinski definition) is 4. The van der Waals surface area contributed by atoms with Crippen molar-refractivity contribution >= 4 is 23.4 Å². The first-order chi connectivity index (χ1) is 9.86. The molecular weight excluding hydrogens is 284 g/mol. The van der Waals surface area contributed by atoms with Gasteiger partial charge in [-0.1, -0.05) is 19.9 Å². The minimum absolute atomic E-state index is 0.421. The average Bonchev–Trinajstić information content (AvgIpc) is 2.41. The van der Waals surface area contributed by atoms with Gasteiger partial charge in [0.2, 0.25) is 0 Å². The van der Waals surface area contributed by atoms with Crippen molar-refractivity contribution in [1.29, 1.82) is 0 Å². The molecule has 0 saturated heterocycles. The van der Waals surface area contributed by atoms with E-state index < -0.39 is 5.97 Å². The molecule has 0 fully saturated rings. The Hall–Kier alpha value is -1.20. The molecular formula is C16H26N2O2S. The van der Waals surface area contributed by atoms with Crippen LogP contribution >= 0.6 is 11.8 Å². The van der Waals surface area contributed by atoms with Gasteiger partial charge >= 0.3 is 5.97 Å². The lowest BCUT2D eigenvalue weighted by atomic mass is 10.1. The van der Waals surface area contributed by atoms with Gasteiger partial charge in [0.25, 0.3) is 0 Å². The summed E-state index contributed by atoms with van der Waals surface area (Å²) in [5, 5.41) is 9.59. The number of likely N-dealkylation sites (N-methyl/N-ethyl adjacent to an activating group) is 1. The summed E-state index contributed by atoms with van der Waals surface area (Å²) >= 11 is 1.48. The summed E-state index contributed by atoms with van der Waals surface area (Å²) in [4.78, 5) is 16.8. The van der Waals surface area contributed by atoms with Gasteiger partial charge < -0.3 is 14.9 Å². The number of aromatic carboxylic acids is 1. The maximum absolute atomic E-state index is 11.7. The van der Waals surface area contributed by atoms with Crippen molar-refractivity contribution in [2.75, 3.05) is 44.9 Å². The first-order valence-corrected chi connectivity index (χ1v) is 8.39. The maximum atomic E-state index is 11.7. The molecule has 0 aliphatic heterocycles. The van der Waals surface area contributed by atoms with Gasteiger partial charge in [-0.15, -0.1) is 11.8 Å². The molecule has 21 heavy (non-hydrogen) atoms. The molecule has 0 spiro atoms. The lowest BCUT2D eigenvalue weighted by molar-refractivity contribution is 0.0693. The fourth-order valence-electron chi connectivity index (χ4n) is 2.24. The largest absolute Gasteiger partial charge is 0.478 e. The third-order valence-corrected chi connectivity index (χ3v) is 3.96. The Balaban J connectivity index is 3.19. The fraction of sp³-hybridized carbons (Fsp3) is 0.562. The van der Waals surface area contributed by atoms with Crippen LogP contribution in [-0.2, 0) is 0 Å². The molecule has 0 heterocycles. The van der Waals surface area contributed by atoms with Gasteiger partial charge in [-0.2, -0.15) is 0 Å². The fourth-order valence-corrected chi connectivity index (χ4v) is 2.85. The van der Waals surface area contributed by atoms with Gasteiger partial charge in [-0.25, -0.2) is 4.79 Å². The van der Waals surface area contributed by atoms with Gasteiger partial charge in [-0.05, 0) is 38.4 Å². The van der Waals surface area contributed by atoms with Crippen LogP contribution in [0.15, 0.2) is 23.1 Å². The second kappa shape index (κ2) is 8.29. The molecule has 0 saturated carbocycles. The van der Waals surface area contributed by atoms with Gasteiger partial charge in [0.05, 0.1) is 11.3 Å². The summed E-state index contributed by atoms with van der Waals surface area (Å²) in [5.74, 6) is -0.375. The van der Waals surface area contributed by atoms with Gasteiger partial charge in [-0.3, -0.25) is 0 Å². The highest BCUT2D eigenvalue weighted by atomic mass is 32.2. The van der Waals surface area contributed by atoms with Crippen LogP contribution < -0.4 is 4.90 Å². The smallest absolute Gasteiger partial charge is 0.338 e. The van der Waals surface area contributed by atoms with Crippen LogP contribution in [0, 0.1) is 5.92 Å². The summed E-state index contributed by atoms with van der Waals surface area (Å²) in [6.07, 6.45) is 1.91. The van der Waals surface area contributed by atoms with E-state index in [-0.39, 0.29) is 0 Å². The second-order valence-electron chi connectivity index (χ2n) is 5.80. The van der Waals surface area contributed by atoms with Gasteiger partial charge in [0.1, 0.15) is 0 Å². The Morgan fingerprint density at radius 2 is 1.95 bits per heavy atom. The summed E-state index contributed by atoms with van der Waals surface area (Å²) < 4.78 is 0. The zero-order chi connectivity index (χ0) is 16.0. The van der Waals surface area contributed by atoms with E-state index >= 15 is 0 Å². The first kappa shape index (κ1) is 17.9. The number of hydrogen-bond donors (Lipinski definition) is 1. The van der Waals surface area contributed by atoms with Crippen molar-refractivity contribution in [3.05, 3.63) is 23.8 Å². The van der Waals surface area contributed by atoms with Crippen molar-refractivity contribution in [2.24, 2.45) is 5.92 Å². The molecule has 1 aromatic rings. The normalized spacial score (nSPS) is 11.2. The van der Waals surface area contributed by atoms with Crippen molar-refractivity contribution in [1.82, 2.24) is 4.90 Å². The van der Waals surface area contributed by atoms with Crippen molar-refractivity contribution < 1.29 is 9.90 Å². The van der Waals surface area contributed by atoms with Gasteiger partial charge in [0, 0.05) is 24.5 Å². The second-order valence-corrected chi connectivity index (χ2v) is 6.65. The first-order valence-electron chi connectivity index (χ1n) is 7.16. The van der Waals surface area contributed by atoms with Crippen LogP contribution in [0.25, 0.3) is 0 Å². The van der Waals surface area contributed by atoms with Crippen LogP contribution in [-0.4, -0.2) is 56.0 Å². The predicted molar refractivity (Wildman–Crippen MR) is 90.8 cm³/mol. The molecule has 0 radical (unpaired) electrons. The molecule has 0 aliphatic rings. The van der Waals surface area contributed by atoms with E-state index in [9.17, 15) is 9.90 Å². The molecule has 0 unspecified atom stereocenters. The molecule has 1 N–H and O–H groups in total. The van der Waals surface area contributed by atoms with E-state index in [2.05, 4.69) is 23.6 Å². The average molecular weight is 310 g/mol. The zero-order valence-corrected chi connectivity index (χ0v) is 14.4. The van der Waals surface area contributed by atoms with Crippen molar-refractivity contribution in [3.8, 4) is 0 Å². The highest BCUT2D eigenvalue weighted by Crippen LogP contribution is 2.30. The summed E-state index contributed by atoms with van der Waals surface area (Å²) in [5.41, 5.74) is 1.24. The van der Waals surface area contributed by atoms with Crippen LogP contribution in [0.4, 0.5) is 5.69 Å². The Morgan fingerprint density at radius 1 is 1.29 bits per heavy atom. The molecule has 0 amide bonds. The zero-order valence-electron chi connectivity index (χ0n) is 13.6. The van der Waals surface area contributed by atoms with Crippen molar-refractivity contribution in [3.63, 3.8) is 0 Å². The van der Waals surface area contributed by atoms with Crippen molar-refractivity contribution in [2.45, 2.75) is 18.7 Å². The highest BCUT2D eigenvalue weighted by molar-refractivity contribution is 7.98. The predicted octanol–water partition coefficient (Wildman–Crippen LogP) is 3.13. The standard InChI is InChI=1S/C16H26N2O2S/c1-12(2)11-18(10-9-17(3)4)13-7-6-8-14(21-5)15(13)16(19)20/h6-8,12H,9-11H2,1-5H3,(H,19,20). The molecule has 0 aliphatic carbocycles. The Morgan fingerprint density at radius 3 is 2.43 bits per heavy atom.